The molecule has 0 saturated carbocycles. The zero-order valence-corrected chi connectivity index (χ0v) is 16.2. The lowest BCUT2D eigenvalue weighted by atomic mass is 9.77. The second-order valence-corrected chi connectivity index (χ2v) is 7.60. The summed E-state index contributed by atoms with van der Waals surface area (Å²) in [6, 6.07) is 15.4. The first-order chi connectivity index (χ1) is 12.4. The molecular formula is C21H25ClN2O2. The average molecular weight is 373 g/mol. The van der Waals surface area contributed by atoms with Crippen LogP contribution in [0.1, 0.15) is 27.9 Å². The summed E-state index contributed by atoms with van der Waals surface area (Å²) in [5.74, 6) is -0.0792. The SMILES string of the molecule is Cc1ccc(Cl)cc1C(=O)N1CC[C@@](c2ccccc2)(N(C)C)[C@H](O)C1. The number of hydrogen-bond acceptors (Lipinski definition) is 3. The normalized spacial score (nSPS) is 23.3. The molecule has 3 rings (SSSR count). The number of aliphatic hydroxyl groups excluding tert-OH is 1. The number of likely N-dealkylation sites (N-methyl/N-ethyl adjacent to an activating group) is 1. The molecule has 26 heavy (non-hydrogen) atoms. The van der Waals surface area contributed by atoms with Gasteiger partial charge in [-0.3, -0.25) is 9.69 Å². The number of aryl methyl sites for hydroxylation is 1. The summed E-state index contributed by atoms with van der Waals surface area (Å²) >= 11 is 6.07. The maximum absolute atomic E-state index is 13.0. The zero-order chi connectivity index (χ0) is 18.9. The maximum atomic E-state index is 13.0. The van der Waals surface area contributed by atoms with Crippen molar-refractivity contribution in [2.24, 2.45) is 0 Å². The molecule has 1 N–H and O–H groups in total. The minimum atomic E-state index is -0.683. The molecule has 138 valence electrons. The third-order valence-electron chi connectivity index (χ3n) is 5.50. The van der Waals surface area contributed by atoms with E-state index < -0.39 is 11.6 Å². The lowest BCUT2D eigenvalue weighted by Crippen LogP contribution is -2.60. The third kappa shape index (κ3) is 3.25. The topological polar surface area (TPSA) is 43.8 Å². The monoisotopic (exact) mass is 372 g/mol. The van der Waals surface area contributed by atoms with Gasteiger partial charge in [-0.15, -0.1) is 0 Å². The van der Waals surface area contributed by atoms with E-state index in [1.54, 1.807) is 17.0 Å². The van der Waals surface area contributed by atoms with Crippen molar-refractivity contribution < 1.29 is 9.90 Å². The van der Waals surface area contributed by atoms with Crippen LogP contribution in [0.3, 0.4) is 0 Å². The number of amides is 1. The van der Waals surface area contributed by atoms with Crippen molar-refractivity contribution in [1.29, 1.82) is 0 Å². The molecule has 2 aromatic carbocycles. The number of nitrogens with zero attached hydrogens (tertiary/aromatic N) is 2. The van der Waals surface area contributed by atoms with E-state index in [-0.39, 0.29) is 12.5 Å². The van der Waals surface area contributed by atoms with E-state index in [0.29, 0.717) is 23.6 Å². The standard InChI is InChI=1S/C21H25ClN2O2/c1-15-9-10-17(22)13-18(15)20(26)24-12-11-21(23(2)3,19(25)14-24)16-7-5-4-6-8-16/h4-10,13,19,25H,11-12,14H2,1-3H3/t19-,21+/m1/s1. The Bertz CT molecular complexity index is 794. The molecule has 4 nitrogen and oxygen atoms in total. The Hall–Kier alpha value is -1.88. The molecule has 1 heterocycles. The second kappa shape index (κ2) is 7.39. The molecule has 1 aliphatic heterocycles. The first kappa shape index (κ1) is 18.9. The molecule has 2 atom stereocenters. The fraction of sp³-hybridized carbons (Fsp3) is 0.381. The van der Waals surface area contributed by atoms with E-state index in [1.165, 1.54) is 0 Å². The Labute approximate surface area is 160 Å². The van der Waals surface area contributed by atoms with Gasteiger partial charge in [0.05, 0.1) is 11.6 Å². The summed E-state index contributed by atoms with van der Waals surface area (Å²) in [5.41, 5.74) is 2.06. The number of carbonyl (C=O) groups excluding carboxylic acids is 1. The molecule has 0 aliphatic carbocycles. The van der Waals surface area contributed by atoms with E-state index >= 15 is 0 Å². The van der Waals surface area contributed by atoms with E-state index in [0.717, 1.165) is 11.1 Å². The number of rotatable bonds is 3. The number of halogens is 1. The van der Waals surface area contributed by atoms with Crippen LogP contribution in [0.4, 0.5) is 0 Å². The first-order valence-corrected chi connectivity index (χ1v) is 9.20. The van der Waals surface area contributed by atoms with Crippen LogP contribution in [0.2, 0.25) is 5.02 Å². The Morgan fingerprint density at radius 1 is 1.23 bits per heavy atom. The van der Waals surface area contributed by atoms with Crippen LogP contribution in [0.5, 0.6) is 0 Å². The van der Waals surface area contributed by atoms with Crippen molar-refractivity contribution in [3.8, 4) is 0 Å². The average Bonchev–Trinajstić information content (AvgIpc) is 2.63. The number of β-amino-alcohol motifs (C(OH)–C–C–N with tert-alkyl or cyclic N) is 1. The summed E-state index contributed by atoms with van der Waals surface area (Å²) in [4.78, 5) is 16.8. The predicted molar refractivity (Wildman–Crippen MR) is 105 cm³/mol. The summed E-state index contributed by atoms with van der Waals surface area (Å²) in [6.07, 6.45) is -0.0200. The smallest absolute Gasteiger partial charge is 0.254 e. The number of hydrogen-bond donors (Lipinski definition) is 1. The highest BCUT2D eigenvalue weighted by molar-refractivity contribution is 6.31. The molecular weight excluding hydrogens is 348 g/mol. The van der Waals surface area contributed by atoms with Crippen LogP contribution in [-0.2, 0) is 5.54 Å². The highest BCUT2D eigenvalue weighted by Crippen LogP contribution is 2.38. The van der Waals surface area contributed by atoms with Gasteiger partial charge in [0, 0.05) is 23.7 Å². The summed E-state index contributed by atoms with van der Waals surface area (Å²) in [5, 5.41) is 11.6. The minimum absolute atomic E-state index is 0.0792. The predicted octanol–water partition coefficient (Wildman–Crippen LogP) is 3.31. The van der Waals surface area contributed by atoms with Crippen molar-refractivity contribution in [3.05, 3.63) is 70.2 Å². The summed E-state index contributed by atoms with van der Waals surface area (Å²) < 4.78 is 0. The van der Waals surface area contributed by atoms with Gasteiger partial charge >= 0.3 is 0 Å². The number of piperidine rings is 1. The molecule has 1 saturated heterocycles. The van der Waals surface area contributed by atoms with Crippen molar-refractivity contribution in [2.75, 3.05) is 27.2 Å². The highest BCUT2D eigenvalue weighted by Gasteiger charge is 2.46. The van der Waals surface area contributed by atoms with Crippen molar-refractivity contribution in [3.63, 3.8) is 0 Å². The van der Waals surface area contributed by atoms with Gasteiger partial charge in [-0.25, -0.2) is 0 Å². The number of likely N-dealkylation sites (tertiary alicyclic amines) is 1. The molecule has 1 fully saturated rings. The molecule has 0 bridgehead atoms. The van der Waals surface area contributed by atoms with Gasteiger partial charge < -0.3 is 10.0 Å². The van der Waals surface area contributed by atoms with Crippen LogP contribution in [0, 0.1) is 6.92 Å². The van der Waals surface area contributed by atoms with Crippen LogP contribution >= 0.6 is 11.6 Å². The maximum Gasteiger partial charge on any atom is 0.254 e. The van der Waals surface area contributed by atoms with Crippen LogP contribution < -0.4 is 0 Å². The lowest BCUT2D eigenvalue weighted by Gasteiger charge is -2.49. The van der Waals surface area contributed by atoms with E-state index in [2.05, 4.69) is 4.90 Å². The van der Waals surface area contributed by atoms with Gasteiger partial charge in [0.15, 0.2) is 0 Å². The third-order valence-corrected chi connectivity index (χ3v) is 5.73. The van der Waals surface area contributed by atoms with Crippen LogP contribution in [-0.4, -0.2) is 54.1 Å². The minimum Gasteiger partial charge on any atom is -0.389 e. The highest BCUT2D eigenvalue weighted by atomic mass is 35.5. The van der Waals surface area contributed by atoms with Gasteiger partial charge in [-0.05, 0) is 50.7 Å². The van der Waals surface area contributed by atoms with Crippen molar-refractivity contribution in [1.82, 2.24) is 9.80 Å². The van der Waals surface area contributed by atoms with Crippen LogP contribution in [0.15, 0.2) is 48.5 Å². The van der Waals surface area contributed by atoms with Gasteiger partial charge in [0.1, 0.15) is 0 Å². The van der Waals surface area contributed by atoms with Crippen molar-refractivity contribution >= 4 is 17.5 Å². The second-order valence-electron chi connectivity index (χ2n) is 7.16. The molecule has 5 heteroatoms. The molecule has 1 aliphatic rings. The quantitative estimate of drug-likeness (QED) is 0.898. The Morgan fingerprint density at radius 3 is 2.54 bits per heavy atom. The number of carbonyl (C=O) groups is 1. The van der Waals surface area contributed by atoms with Gasteiger partial charge in [0.2, 0.25) is 0 Å². The molecule has 0 aromatic heterocycles. The molecule has 1 amide bonds. The van der Waals surface area contributed by atoms with Gasteiger partial charge in [-0.1, -0.05) is 48.0 Å². The number of aliphatic hydroxyl groups is 1. The first-order valence-electron chi connectivity index (χ1n) is 8.82. The van der Waals surface area contributed by atoms with E-state index in [9.17, 15) is 9.90 Å². The zero-order valence-electron chi connectivity index (χ0n) is 15.4. The fourth-order valence-electron chi connectivity index (χ4n) is 3.95. The summed E-state index contributed by atoms with van der Waals surface area (Å²) in [6.45, 7) is 2.77. The summed E-state index contributed by atoms with van der Waals surface area (Å²) in [7, 11) is 3.96. The lowest BCUT2D eigenvalue weighted by molar-refractivity contribution is -0.0612. The Morgan fingerprint density at radius 2 is 1.92 bits per heavy atom. The van der Waals surface area contributed by atoms with Gasteiger partial charge in [-0.2, -0.15) is 0 Å². The Balaban J connectivity index is 1.87. The molecule has 0 unspecified atom stereocenters. The largest absolute Gasteiger partial charge is 0.389 e. The fourth-order valence-corrected chi connectivity index (χ4v) is 4.12. The van der Waals surface area contributed by atoms with Gasteiger partial charge in [0.25, 0.3) is 5.91 Å². The Kier molecular flexibility index (Phi) is 5.37. The van der Waals surface area contributed by atoms with E-state index in [1.807, 2.05) is 57.4 Å². The van der Waals surface area contributed by atoms with Crippen LogP contribution in [0.25, 0.3) is 0 Å². The van der Waals surface area contributed by atoms with E-state index in [4.69, 9.17) is 11.6 Å². The molecule has 0 spiro atoms. The molecule has 0 radical (unpaired) electrons. The van der Waals surface area contributed by atoms with Crippen molar-refractivity contribution in [2.45, 2.75) is 25.0 Å². The number of benzene rings is 2. The molecule has 2 aromatic rings.